The van der Waals surface area contributed by atoms with Gasteiger partial charge in [0, 0.05) is 4.88 Å². The molecule has 0 spiro atoms. The predicted octanol–water partition coefficient (Wildman–Crippen LogP) is 2.82. The summed E-state index contributed by atoms with van der Waals surface area (Å²) in [6, 6.07) is 0.327. The summed E-state index contributed by atoms with van der Waals surface area (Å²) in [5.74, 6) is 0.544. The van der Waals surface area contributed by atoms with E-state index in [0.717, 1.165) is 50.4 Å². The standard InChI is InChI=1S/C18H26N6OS/c1-2-3-12-4-5-14-16(10-12)26-18(20-14)21-17(25)15-11-24(23-22-15)13-6-8-19-9-7-13/h11-13,19H,2-10H2,1H3,(H,20,21,25). The quantitative estimate of drug-likeness (QED) is 0.841. The Bertz CT molecular complexity index is 764. The first-order valence-electron chi connectivity index (χ1n) is 9.65. The number of piperidine rings is 1. The third kappa shape index (κ3) is 3.81. The third-order valence-corrected chi connectivity index (χ3v) is 6.42. The van der Waals surface area contributed by atoms with Crippen LogP contribution in [0.4, 0.5) is 5.13 Å². The molecule has 0 aromatic carbocycles. The molecule has 1 saturated heterocycles. The lowest BCUT2D eigenvalue weighted by molar-refractivity contribution is 0.102. The van der Waals surface area contributed by atoms with Crippen molar-refractivity contribution in [1.82, 2.24) is 25.3 Å². The zero-order chi connectivity index (χ0) is 17.9. The lowest BCUT2D eigenvalue weighted by Crippen LogP contribution is -2.29. The van der Waals surface area contributed by atoms with E-state index in [0.29, 0.717) is 16.9 Å². The molecule has 1 aliphatic heterocycles. The van der Waals surface area contributed by atoms with E-state index in [1.165, 1.54) is 24.1 Å². The normalized spacial score (nSPS) is 20.7. The van der Waals surface area contributed by atoms with Gasteiger partial charge in [0.05, 0.1) is 17.9 Å². The van der Waals surface area contributed by atoms with Crippen molar-refractivity contribution in [2.24, 2.45) is 5.92 Å². The monoisotopic (exact) mass is 374 g/mol. The number of rotatable bonds is 5. The number of nitrogens with one attached hydrogen (secondary N) is 2. The number of amides is 1. The maximum Gasteiger partial charge on any atom is 0.279 e. The van der Waals surface area contributed by atoms with Crippen molar-refractivity contribution >= 4 is 22.4 Å². The van der Waals surface area contributed by atoms with Crippen LogP contribution in [0.5, 0.6) is 0 Å². The molecule has 2 aromatic heterocycles. The van der Waals surface area contributed by atoms with E-state index in [-0.39, 0.29) is 5.91 Å². The maximum atomic E-state index is 12.5. The number of hydrogen-bond acceptors (Lipinski definition) is 6. The van der Waals surface area contributed by atoms with Gasteiger partial charge in [-0.15, -0.1) is 16.4 Å². The van der Waals surface area contributed by atoms with Crippen LogP contribution in [-0.2, 0) is 12.8 Å². The lowest BCUT2D eigenvalue weighted by atomic mass is 9.88. The average molecular weight is 375 g/mol. The number of carbonyl (C=O) groups excluding carboxylic acids is 1. The molecule has 8 heteroatoms. The van der Waals surface area contributed by atoms with Crippen LogP contribution in [0.25, 0.3) is 0 Å². The summed E-state index contributed by atoms with van der Waals surface area (Å²) >= 11 is 1.62. The van der Waals surface area contributed by atoms with Crippen LogP contribution >= 0.6 is 11.3 Å². The summed E-state index contributed by atoms with van der Waals surface area (Å²) in [6.45, 7) is 4.20. The van der Waals surface area contributed by atoms with Gasteiger partial charge in [-0.1, -0.05) is 25.0 Å². The Morgan fingerprint density at radius 3 is 3.04 bits per heavy atom. The topological polar surface area (TPSA) is 84.7 Å². The van der Waals surface area contributed by atoms with Crippen LogP contribution in [0.3, 0.4) is 0 Å². The second kappa shape index (κ2) is 7.84. The minimum Gasteiger partial charge on any atom is -0.317 e. The Labute approximate surface area is 157 Å². The van der Waals surface area contributed by atoms with Crippen LogP contribution in [0.2, 0.25) is 0 Å². The molecule has 0 saturated carbocycles. The molecule has 1 unspecified atom stereocenters. The Balaban J connectivity index is 1.40. The van der Waals surface area contributed by atoms with E-state index in [2.05, 4.69) is 32.9 Å². The number of thiazole rings is 1. The van der Waals surface area contributed by atoms with E-state index in [1.54, 1.807) is 17.5 Å². The lowest BCUT2D eigenvalue weighted by Gasteiger charge is -2.21. The van der Waals surface area contributed by atoms with Crippen molar-refractivity contribution in [1.29, 1.82) is 0 Å². The Morgan fingerprint density at radius 1 is 1.38 bits per heavy atom. The molecule has 3 heterocycles. The van der Waals surface area contributed by atoms with Gasteiger partial charge >= 0.3 is 0 Å². The van der Waals surface area contributed by atoms with Crippen molar-refractivity contribution in [3.8, 4) is 0 Å². The molecule has 1 amide bonds. The number of anilines is 1. The molecule has 0 radical (unpaired) electrons. The highest BCUT2D eigenvalue weighted by atomic mass is 32.1. The van der Waals surface area contributed by atoms with Gasteiger partial charge in [0.2, 0.25) is 0 Å². The first kappa shape index (κ1) is 17.6. The molecule has 1 atom stereocenters. The molecule has 1 aliphatic carbocycles. The minimum atomic E-state index is -0.221. The number of carbonyl (C=O) groups is 1. The summed E-state index contributed by atoms with van der Waals surface area (Å²) < 4.78 is 1.83. The van der Waals surface area contributed by atoms with Gasteiger partial charge in [0.15, 0.2) is 10.8 Å². The fraction of sp³-hybridized carbons (Fsp3) is 0.667. The minimum absolute atomic E-state index is 0.221. The van der Waals surface area contributed by atoms with Crippen molar-refractivity contribution in [3.63, 3.8) is 0 Å². The molecule has 2 aliphatic rings. The van der Waals surface area contributed by atoms with Crippen molar-refractivity contribution in [2.45, 2.75) is 57.9 Å². The second-order valence-electron chi connectivity index (χ2n) is 7.31. The highest BCUT2D eigenvalue weighted by Gasteiger charge is 2.24. The van der Waals surface area contributed by atoms with Crippen molar-refractivity contribution in [3.05, 3.63) is 22.5 Å². The van der Waals surface area contributed by atoms with Crippen molar-refractivity contribution in [2.75, 3.05) is 18.4 Å². The Hall–Kier alpha value is -1.80. The first-order valence-corrected chi connectivity index (χ1v) is 10.5. The Kier molecular flexibility index (Phi) is 5.31. The van der Waals surface area contributed by atoms with Crippen LogP contribution in [0, 0.1) is 5.92 Å². The highest BCUT2D eigenvalue weighted by molar-refractivity contribution is 7.15. The molecule has 0 bridgehead atoms. The van der Waals surface area contributed by atoms with Crippen LogP contribution in [0.1, 0.15) is 66.1 Å². The molecule has 4 rings (SSSR count). The largest absolute Gasteiger partial charge is 0.317 e. The van der Waals surface area contributed by atoms with Crippen LogP contribution in [-0.4, -0.2) is 39.0 Å². The van der Waals surface area contributed by atoms with Gasteiger partial charge in [0.1, 0.15) is 0 Å². The van der Waals surface area contributed by atoms with E-state index in [9.17, 15) is 4.79 Å². The van der Waals surface area contributed by atoms with Gasteiger partial charge in [-0.05, 0) is 51.1 Å². The molecular formula is C18H26N6OS. The summed E-state index contributed by atoms with van der Waals surface area (Å²) in [5, 5.41) is 15.2. The van der Waals surface area contributed by atoms with E-state index in [1.807, 2.05) is 4.68 Å². The van der Waals surface area contributed by atoms with Crippen molar-refractivity contribution < 1.29 is 4.79 Å². The van der Waals surface area contributed by atoms with E-state index in [4.69, 9.17) is 0 Å². The van der Waals surface area contributed by atoms with E-state index >= 15 is 0 Å². The summed E-state index contributed by atoms with van der Waals surface area (Å²) in [5.41, 5.74) is 1.52. The maximum absolute atomic E-state index is 12.5. The van der Waals surface area contributed by atoms with Gasteiger partial charge < -0.3 is 5.32 Å². The molecule has 140 valence electrons. The number of fused-ring (bicyclic) bond motifs is 1. The third-order valence-electron chi connectivity index (χ3n) is 5.38. The number of hydrogen-bond donors (Lipinski definition) is 2. The fourth-order valence-electron chi connectivity index (χ4n) is 3.94. The molecule has 2 aromatic rings. The van der Waals surface area contributed by atoms with Crippen LogP contribution < -0.4 is 10.6 Å². The second-order valence-corrected chi connectivity index (χ2v) is 8.39. The zero-order valence-corrected chi connectivity index (χ0v) is 16.0. The van der Waals surface area contributed by atoms with E-state index < -0.39 is 0 Å². The molecule has 26 heavy (non-hydrogen) atoms. The van der Waals surface area contributed by atoms with Gasteiger partial charge in [-0.2, -0.15) is 0 Å². The number of nitrogens with zero attached hydrogens (tertiary/aromatic N) is 4. The molecule has 7 nitrogen and oxygen atoms in total. The molecular weight excluding hydrogens is 348 g/mol. The van der Waals surface area contributed by atoms with Gasteiger partial charge in [0.25, 0.3) is 5.91 Å². The first-order chi connectivity index (χ1) is 12.7. The highest BCUT2D eigenvalue weighted by Crippen LogP contribution is 2.34. The smallest absolute Gasteiger partial charge is 0.279 e. The molecule has 1 fully saturated rings. The zero-order valence-electron chi connectivity index (χ0n) is 15.2. The average Bonchev–Trinajstić information content (AvgIpc) is 3.29. The summed E-state index contributed by atoms with van der Waals surface area (Å²) in [6.07, 6.45) is 9.64. The number of aromatic nitrogens is 4. The van der Waals surface area contributed by atoms with Crippen LogP contribution in [0.15, 0.2) is 6.20 Å². The SMILES string of the molecule is CCCC1CCc2nc(NC(=O)c3cn(C4CCNCC4)nn3)sc2C1. The van der Waals surface area contributed by atoms with Gasteiger partial charge in [-0.25, -0.2) is 9.67 Å². The summed E-state index contributed by atoms with van der Waals surface area (Å²) in [4.78, 5) is 18.5. The number of aryl methyl sites for hydroxylation is 1. The summed E-state index contributed by atoms with van der Waals surface area (Å²) in [7, 11) is 0. The van der Waals surface area contributed by atoms with Gasteiger partial charge in [-0.3, -0.25) is 10.1 Å². The molecule has 2 N–H and O–H groups in total. The predicted molar refractivity (Wildman–Crippen MR) is 102 cm³/mol. The fourth-order valence-corrected chi connectivity index (χ4v) is 5.06. The Morgan fingerprint density at radius 2 is 2.23 bits per heavy atom.